The largest absolute Gasteiger partial charge is 0.340 e. The highest BCUT2D eigenvalue weighted by Gasteiger charge is 2.37. The summed E-state index contributed by atoms with van der Waals surface area (Å²) in [5, 5.41) is 3.45. The zero-order valence-electron chi connectivity index (χ0n) is 9.90. The lowest BCUT2D eigenvalue weighted by molar-refractivity contribution is 0.533. The lowest BCUT2D eigenvalue weighted by Crippen LogP contribution is -2.27. The van der Waals surface area contributed by atoms with Gasteiger partial charge >= 0.3 is 0 Å². The Morgan fingerprint density at radius 1 is 1.12 bits per heavy atom. The van der Waals surface area contributed by atoms with E-state index in [2.05, 4.69) is 20.2 Å². The van der Waals surface area contributed by atoms with Gasteiger partial charge in [-0.3, -0.25) is 0 Å². The first-order chi connectivity index (χ1) is 7.72. The molecule has 2 aliphatic heterocycles. The number of aryl methyl sites for hydroxylation is 2. The van der Waals surface area contributed by atoms with Crippen molar-refractivity contribution < 1.29 is 0 Å². The van der Waals surface area contributed by atoms with Crippen molar-refractivity contribution in [3.63, 3.8) is 0 Å². The maximum Gasteiger partial charge on any atom is 0.225 e. The van der Waals surface area contributed by atoms with Gasteiger partial charge in [-0.2, -0.15) is 0 Å². The monoisotopic (exact) mass is 218 g/mol. The molecule has 1 N–H and O–H groups in total. The van der Waals surface area contributed by atoms with E-state index in [-0.39, 0.29) is 0 Å². The van der Waals surface area contributed by atoms with Crippen LogP contribution in [0.3, 0.4) is 0 Å². The van der Waals surface area contributed by atoms with Gasteiger partial charge in [-0.15, -0.1) is 0 Å². The highest BCUT2D eigenvalue weighted by molar-refractivity contribution is 5.34. The third-order valence-corrected chi connectivity index (χ3v) is 3.64. The summed E-state index contributed by atoms with van der Waals surface area (Å²) in [7, 11) is 0. The second-order valence-corrected chi connectivity index (χ2v) is 5.03. The molecular weight excluding hydrogens is 200 g/mol. The van der Waals surface area contributed by atoms with Gasteiger partial charge in [0.15, 0.2) is 0 Å². The molecule has 0 amide bonds. The van der Waals surface area contributed by atoms with E-state index in [1.165, 1.54) is 0 Å². The molecule has 1 aromatic heterocycles. The smallest absolute Gasteiger partial charge is 0.225 e. The third-order valence-electron chi connectivity index (χ3n) is 3.64. The second-order valence-electron chi connectivity index (χ2n) is 5.03. The van der Waals surface area contributed by atoms with Crippen LogP contribution in [0.1, 0.15) is 11.4 Å². The summed E-state index contributed by atoms with van der Waals surface area (Å²) in [6, 6.07) is 2.03. The van der Waals surface area contributed by atoms with E-state index < -0.39 is 0 Å². The molecule has 0 radical (unpaired) electrons. The van der Waals surface area contributed by atoms with E-state index in [9.17, 15) is 0 Å². The molecule has 0 aliphatic carbocycles. The first kappa shape index (κ1) is 10.0. The van der Waals surface area contributed by atoms with Gasteiger partial charge in [0.05, 0.1) is 0 Å². The van der Waals surface area contributed by atoms with Crippen molar-refractivity contribution in [3.8, 4) is 0 Å². The van der Waals surface area contributed by atoms with E-state index >= 15 is 0 Å². The lowest BCUT2D eigenvalue weighted by atomic mass is 10.0. The van der Waals surface area contributed by atoms with Crippen LogP contribution in [0.15, 0.2) is 6.07 Å². The fraction of sp³-hybridized carbons (Fsp3) is 0.667. The van der Waals surface area contributed by atoms with Gasteiger partial charge in [-0.25, -0.2) is 9.97 Å². The van der Waals surface area contributed by atoms with Crippen LogP contribution >= 0.6 is 0 Å². The molecule has 2 fully saturated rings. The first-order valence-corrected chi connectivity index (χ1v) is 6.00. The van der Waals surface area contributed by atoms with Crippen LogP contribution in [0.5, 0.6) is 0 Å². The minimum atomic E-state index is 0.796. The summed E-state index contributed by atoms with van der Waals surface area (Å²) < 4.78 is 0. The van der Waals surface area contributed by atoms with Crippen molar-refractivity contribution in [1.82, 2.24) is 15.3 Å². The van der Waals surface area contributed by atoms with Crippen molar-refractivity contribution in [2.24, 2.45) is 11.8 Å². The van der Waals surface area contributed by atoms with E-state index in [1.54, 1.807) is 0 Å². The molecule has 1 aromatic rings. The standard InChI is InChI=1S/C12H18N4/c1-8-3-9(2)15-12(14-8)16-6-10-4-13-5-11(10)7-16/h3,10-11,13H,4-7H2,1-2H3/t10-,11+. The van der Waals surface area contributed by atoms with Crippen LogP contribution in [0, 0.1) is 25.7 Å². The molecule has 4 nitrogen and oxygen atoms in total. The number of anilines is 1. The molecule has 2 saturated heterocycles. The van der Waals surface area contributed by atoms with Gasteiger partial charge < -0.3 is 10.2 Å². The van der Waals surface area contributed by atoms with E-state index in [1.807, 2.05) is 19.9 Å². The highest BCUT2D eigenvalue weighted by Crippen LogP contribution is 2.28. The Morgan fingerprint density at radius 3 is 2.25 bits per heavy atom. The Balaban J connectivity index is 1.83. The molecule has 3 rings (SSSR count). The summed E-state index contributed by atoms with van der Waals surface area (Å²) >= 11 is 0. The topological polar surface area (TPSA) is 41.1 Å². The summed E-state index contributed by atoms with van der Waals surface area (Å²) in [6.07, 6.45) is 0. The molecule has 4 heteroatoms. The van der Waals surface area contributed by atoms with Crippen LogP contribution in [0.25, 0.3) is 0 Å². The van der Waals surface area contributed by atoms with E-state index in [0.717, 1.165) is 55.4 Å². The van der Waals surface area contributed by atoms with Gasteiger partial charge in [-0.05, 0) is 31.7 Å². The van der Waals surface area contributed by atoms with Crippen LogP contribution in [-0.4, -0.2) is 36.1 Å². The van der Waals surface area contributed by atoms with E-state index in [4.69, 9.17) is 0 Å². The SMILES string of the molecule is Cc1cc(C)nc(N2C[C@H]3CNC[C@H]3C2)n1. The minimum absolute atomic E-state index is 0.796. The third kappa shape index (κ3) is 1.67. The van der Waals surface area contributed by atoms with E-state index in [0.29, 0.717) is 0 Å². The number of aromatic nitrogens is 2. The summed E-state index contributed by atoms with van der Waals surface area (Å²) in [5.74, 6) is 2.51. The zero-order chi connectivity index (χ0) is 11.1. The fourth-order valence-corrected chi connectivity index (χ4v) is 2.87. The molecule has 0 spiro atoms. The van der Waals surface area contributed by atoms with Crippen molar-refractivity contribution in [2.75, 3.05) is 31.1 Å². The molecule has 2 aliphatic rings. The van der Waals surface area contributed by atoms with Crippen LogP contribution < -0.4 is 10.2 Å². The minimum Gasteiger partial charge on any atom is -0.340 e. The molecule has 86 valence electrons. The van der Waals surface area contributed by atoms with Gasteiger partial charge in [-0.1, -0.05) is 0 Å². The Kier molecular flexibility index (Phi) is 2.32. The number of nitrogens with one attached hydrogen (secondary N) is 1. The molecule has 0 unspecified atom stereocenters. The Bertz CT molecular complexity index is 372. The molecule has 2 atom stereocenters. The van der Waals surface area contributed by atoms with Crippen LogP contribution in [0.2, 0.25) is 0 Å². The van der Waals surface area contributed by atoms with Gasteiger partial charge in [0.1, 0.15) is 0 Å². The Hall–Kier alpha value is -1.16. The molecule has 0 saturated carbocycles. The quantitative estimate of drug-likeness (QED) is 0.755. The zero-order valence-corrected chi connectivity index (χ0v) is 9.90. The maximum absolute atomic E-state index is 4.54. The van der Waals surface area contributed by atoms with Crippen molar-refractivity contribution >= 4 is 5.95 Å². The maximum atomic E-state index is 4.54. The van der Waals surface area contributed by atoms with Gasteiger partial charge in [0, 0.05) is 37.6 Å². The van der Waals surface area contributed by atoms with Crippen molar-refractivity contribution in [1.29, 1.82) is 0 Å². The molecule has 3 heterocycles. The van der Waals surface area contributed by atoms with Gasteiger partial charge in [0.25, 0.3) is 0 Å². The second kappa shape index (κ2) is 3.70. The van der Waals surface area contributed by atoms with Crippen molar-refractivity contribution in [3.05, 3.63) is 17.5 Å². The summed E-state index contributed by atoms with van der Waals surface area (Å²) in [6.45, 7) is 8.62. The fourth-order valence-electron chi connectivity index (χ4n) is 2.87. The average molecular weight is 218 g/mol. The molecule has 0 aromatic carbocycles. The first-order valence-electron chi connectivity index (χ1n) is 6.00. The van der Waals surface area contributed by atoms with Crippen LogP contribution in [-0.2, 0) is 0 Å². The van der Waals surface area contributed by atoms with Crippen molar-refractivity contribution in [2.45, 2.75) is 13.8 Å². The lowest BCUT2D eigenvalue weighted by Gasteiger charge is -2.18. The summed E-state index contributed by atoms with van der Waals surface area (Å²) in [4.78, 5) is 11.4. The van der Waals surface area contributed by atoms with Gasteiger partial charge in [0.2, 0.25) is 5.95 Å². The highest BCUT2D eigenvalue weighted by atomic mass is 15.3. The summed E-state index contributed by atoms with van der Waals surface area (Å²) in [5.41, 5.74) is 2.13. The Labute approximate surface area is 96.1 Å². The van der Waals surface area contributed by atoms with Crippen LogP contribution in [0.4, 0.5) is 5.95 Å². The normalized spacial score (nSPS) is 28.5. The number of fused-ring (bicyclic) bond motifs is 1. The molecular formula is C12H18N4. The predicted octanol–water partition coefficient (Wildman–Crippen LogP) is 0.749. The average Bonchev–Trinajstić information content (AvgIpc) is 2.74. The predicted molar refractivity (Wildman–Crippen MR) is 63.6 cm³/mol. The molecule has 16 heavy (non-hydrogen) atoms. The number of hydrogen-bond donors (Lipinski definition) is 1. The number of hydrogen-bond acceptors (Lipinski definition) is 4. The molecule has 0 bridgehead atoms. The number of nitrogens with zero attached hydrogens (tertiary/aromatic N) is 3. The number of rotatable bonds is 1. The Morgan fingerprint density at radius 2 is 1.69 bits per heavy atom.